The summed E-state index contributed by atoms with van der Waals surface area (Å²) >= 11 is 0. The van der Waals surface area contributed by atoms with Crippen LogP contribution >= 0.6 is 0 Å². The van der Waals surface area contributed by atoms with Gasteiger partial charge in [-0.05, 0) is 71.8 Å². The zero-order valence-electron chi connectivity index (χ0n) is 31.0. The maximum absolute atomic E-state index is 2.50. The lowest BCUT2D eigenvalue weighted by Gasteiger charge is -2.17. The second kappa shape index (κ2) is 12.5. The highest BCUT2D eigenvalue weighted by Crippen LogP contribution is 2.45. The number of fused-ring (bicyclic) bond motifs is 10. The quantitative estimate of drug-likeness (QED) is 0.168. The van der Waals surface area contributed by atoms with Gasteiger partial charge in [-0.1, -0.05) is 152 Å². The molecular weight excluding hydrogens is 691 g/mol. The van der Waals surface area contributed by atoms with Crippen LogP contribution in [0.2, 0.25) is 0 Å². The van der Waals surface area contributed by atoms with Gasteiger partial charge in [-0.2, -0.15) is 0 Å². The Bertz CT molecular complexity index is 3500. The highest BCUT2D eigenvalue weighted by Gasteiger charge is 2.23. The third-order valence-electron chi connectivity index (χ3n) is 11.8. The van der Waals surface area contributed by atoms with Crippen LogP contribution in [0.25, 0.3) is 105 Å². The van der Waals surface area contributed by atoms with E-state index >= 15 is 0 Å². The average molecular weight is 726 g/mol. The molecule has 12 rings (SSSR count). The number of aromatic nitrogens is 3. The van der Waals surface area contributed by atoms with Crippen molar-refractivity contribution in [2.24, 2.45) is 0 Å². The van der Waals surface area contributed by atoms with Crippen LogP contribution in [0.1, 0.15) is 0 Å². The Balaban J connectivity index is 1.17. The molecule has 0 aliphatic heterocycles. The molecule has 0 aliphatic rings. The fourth-order valence-corrected chi connectivity index (χ4v) is 9.47. The van der Waals surface area contributed by atoms with E-state index < -0.39 is 0 Å². The van der Waals surface area contributed by atoms with Gasteiger partial charge in [-0.3, -0.25) is 0 Å². The predicted octanol–water partition coefficient (Wildman–Crippen LogP) is 14.3. The molecule has 3 heterocycles. The first-order valence-corrected chi connectivity index (χ1v) is 19.6. The molecule has 3 aromatic heterocycles. The second-order valence-corrected chi connectivity index (χ2v) is 14.9. The average Bonchev–Trinajstić information content (AvgIpc) is 3.93. The van der Waals surface area contributed by atoms with Gasteiger partial charge in [0.1, 0.15) is 0 Å². The lowest BCUT2D eigenvalue weighted by Crippen LogP contribution is -1.99. The third kappa shape index (κ3) is 4.66. The lowest BCUT2D eigenvalue weighted by molar-refractivity contribution is 1.17. The summed E-state index contributed by atoms with van der Waals surface area (Å²) in [6.07, 6.45) is 0. The maximum Gasteiger partial charge on any atom is 0.0620 e. The number of nitrogens with zero attached hydrogens (tertiary/aromatic N) is 3. The van der Waals surface area contributed by atoms with Crippen LogP contribution in [-0.4, -0.2) is 13.7 Å². The summed E-state index contributed by atoms with van der Waals surface area (Å²) in [6.45, 7) is 0. The summed E-state index contributed by atoms with van der Waals surface area (Å²) in [4.78, 5) is 0. The molecule has 0 radical (unpaired) electrons. The molecule has 0 bridgehead atoms. The smallest absolute Gasteiger partial charge is 0.0620 e. The molecule has 0 saturated heterocycles. The molecule has 0 saturated carbocycles. The highest BCUT2D eigenvalue weighted by molar-refractivity contribution is 6.29. The minimum absolute atomic E-state index is 1.14. The van der Waals surface area contributed by atoms with Crippen LogP contribution in [0.3, 0.4) is 0 Å². The summed E-state index contributed by atoms with van der Waals surface area (Å²) in [5.41, 5.74) is 15.4. The van der Waals surface area contributed by atoms with Crippen molar-refractivity contribution in [3.63, 3.8) is 0 Å². The number of rotatable bonds is 5. The highest BCUT2D eigenvalue weighted by atomic mass is 15.0. The Labute approximate surface area is 329 Å². The Hall–Kier alpha value is -7.62. The van der Waals surface area contributed by atoms with E-state index in [1.807, 2.05) is 0 Å². The van der Waals surface area contributed by atoms with Gasteiger partial charge in [0.2, 0.25) is 0 Å². The molecule has 12 aromatic rings. The summed E-state index contributed by atoms with van der Waals surface area (Å²) in [5.74, 6) is 0. The van der Waals surface area contributed by atoms with Crippen LogP contribution in [-0.2, 0) is 0 Å². The van der Waals surface area contributed by atoms with Crippen LogP contribution in [0.15, 0.2) is 212 Å². The van der Waals surface area contributed by atoms with Crippen molar-refractivity contribution in [3.8, 4) is 39.3 Å². The topological polar surface area (TPSA) is 14.8 Å². The van der Waals surface area contributed by atoms with Crippen LogP contribution < -0.4 is 0 Å². The van der Waals surface area contributed by atoms with Gasteiger partial charge >= 0.3 is 0 Å². The van der Waals surface area contributed by atoms with E-state index in [-0.39, 0.29) is 0 Å². The largest absolute Gasteiger partial charge is 0.309 e. The molecule has 57 heavy (non-hydrogen) atoms. The van der Waals surface area contributed by atoms with Crippen molar-refractivity contribution in [3.05, 3.63) is 212 Å². The molecule has 0 atom stereocenters. The number of hydrogen-bond donors (Lipinski definition) is 0. The molecule has 0 aliphatic carbocycles. The predicted molar refractivity (Wildman–Crippen MR) is 240 cm³/mol. The van der Waals surface area contributed by atoms with Gasteiger partial charge in [-0.15, -0.1) is 0 Å². The molecule has 266 valence electrons. The van der Waals surface area contributed by atoms with Crippen molar-refractivity contribution in [1.29, 1.82) is 0 Å². The monoisotopic (exact) mass is 725 g/mol. The molecule has 0 amide bonds. The summed E-state index contributed by atoms with van der Waals surface area (Å²) < 4.78 is 7.38. The Morgan fingerprint density at radius 2 is 0.789 bits per heavy atom. The number of benzene rings is 9. The zero-order chi connectivity index (χ0) is 37.5. The molecule has 3 heteroatoms. The van der Waals surface area contributed by atoms with Crippen LogP contribution in [0.4, 0.5) is 0 Å². The van der Waals surface area contributed by atoms with Gasteiger partial charge in [0, 0.05) is 54.8 Å². The fraction of sp³-hybridized carbons (Fsp3) is 0. The van der Waals surface area contributed by atoms with Crippen molar-refractivity contribution in [2.75, 3.05) is 0 Å². The fourth-order valence-electron chi connectivity index (χ4n) is 9.47. The van der Waals surface area contributed by atoms with Crippen LogP contribution in [0, 0.1) is 0 Å². The Morgan fingerprint density at radius 3 is 1.49 bits per heavy atom. The molecule has 3 nitrogen and oxygen atoms in total. The van der Waals surface area contributed by atoms with Crippen molar-refractivity contribution >= 4 is 65.4 Å². The first kappa shape index (κ1) is 31.7. The van der Waals surface area contributed by atoms with Gasteiger partial charge in [0.25, 0.3) is 0 Å². The molecule has 0 unspecified atom stereocenters. The normalized spacial score (nSPS) is 11.9. The van der Waals surface area contributed by atoms with E-state index in [9.17, 15) is 0 Å². The van der Waals surface area contributed by atoms with Gasteiger partial charge < -0.3 is 13.7 Å². The first-order valence-electron chi connectivity index (χ1n) is 19.6. The maximum atomic E-state index is 2.50. The first-order chi connectivity index (χ1) is 28.3. The summed E-state index contributed by atoms with van der Waals surface area (Å²) in [7, 11) is 0. The minimum atomic E-state index is 1.14. The summed E-state index contributed by atoms with van der Waals surface area (Å²) in [5, 5.41) is 7.52. The third-order valence-corrected chi connectivity index (χ3v) is 11.8. The summed E-state index contributed by atoms with van der Waals surface area (Å²) in [6, 6.07) is 77.3. The van der Waals surface area contributed by atoms with Crippen LogP contribution in [0.5, 0.6) is 0 Å². The van der Waals surface area contributed by atoms with Crippen molar-refractivity contribution in [2.45, 2.75) is 0 Å². The SMILES string of the molecule is c1ccc(-c2ccc3c4cccc(-c5ccccc5-n5c6ccccc6c6c7c8ccccc8n(-c8ccccc8)c7ccc65)c4n(-c4ccccc4)c3c2)cc1. The number of para-hydroxylation sites is 6. The Kier molecular flexibility index (Phi) is 6.93. The lowest BCUT2D eigenvalue weighted by atomic mass is 9.99. The van der Waals surface area contributed by atoms with Gasteiger partial charge in [-0.25, -0.2) is 0 Å². The molecule has 9 aromatic carbocycles. The Morgan fingerprint density at radius 1 is 0.263 bits per heavy atom. The van der Waals surface area contributed by atoms with E-state index in [1.165, 1.54) is 87.7 Å². The van der Waals surface area contributed by atoms with E-state index in [0.29, 0.717) is 0 Å². The zero-order valence-corrected chi connectivity index (χ0v) is 31.0. The van der Waals surface area contributed by atoms with Crippen molar-refractivity contribution in [1.82, 2.24) is 13.7 Å². The molecule has 0 N–H and O–H groups in total. The molecule has 0 spiro atoms. The van der Waals surface area contributed by atoms with E-state index in [0.717, 1.165) is 17.1 Å². The van der Waals surface area contributed by atoms with E-state index in [1.54, 1.807) is 0 Å². The minimum Gasteiger partial charge on any atom is -0.309 e. The van der Waals surface area contributed by atoms with E-state index in [2.05, 4.69) is 226 Å². The standard InChI is InChI=1S/C54H35N3/c1-4-17-36(18-5-1)37-31-32-41-43-27-16-26-42(54(43)56(51(41)35-37)39-21-8-3-9-22-39)40-23-10-13-28-46(40)57-48-30-15-12-25-45(48)53-50(57)34-33-49-52(53)44-24-11-14-29-47(44)55(49)38-19-6-2-7-20-38/h1-35H. The van der Waals surface area contributed by atoms with Gasteiger partial charge in [0.05, 0.1) is 38.8 Å². The number of hydrogen-bond acceptors (Lipinski definition) is 0. The molecule has 0 fully saturated rings. The van der Waals surface area contributed by atoms with Gasteiger partial charge in [0.15, 0.2) is 0 Å². The van der Waals surface area contributed by atoms with Crippen molar-refractivity contribution < 1.29 is 0 Å². The van der Waals surface area contributed by atoms with E-state index in [4.69, 9.17) is 0 Å². The second-order valence-electron chi connectivity index (χ2n) is 14.9. The molecular formula is C54H35N3.